The molecule has 0 saturated heterocycles. The Morgan fingerprint density at radius 3 is 1.72 bits per heavy atom. The van der Waals surface area contributed by atoms with Gasteiger partial charge >= 0.3 is 27.6 Å². The van der Waals surface area contributed by atoms with Crippen molar-refractivity contribution in [1.29, 1.82) is 0 Å². The van der Waals surface area contributed by atoms with Gasteiger partial charge in [-0.25, -0.2) is 18.7 Å². The summed E-state index contributed by atoms with van der Waals surface area (Å²) in [6, 6.07) is 0. The quantitative estimate of drug-likeness (QED) is 0.285. The Bertz CT molecular complexity index is 422. The van der Waals surface area contributed by atoms with E-state index in [1.807, 2.05) is 0 Å². The highest BCUT2D eigenvalue weighted by atomic mass is 31.3. The lowest BCUT2D eigenvalue weighted by Gasteiger charge is -2.19. The Kier molecular flexibility index (Phi) is 5.59. The van der Waals surface area contributed by atoms with Crippen molar-refractivity contribution in [1.82, 2.24) is 0 Å². The second-order valence-electron chi connectivity index (χ2n) is 2.69. The fourth-order valence-electron chi connectivity index (χ4n) is 0.664. The Morgan fingerprint density at radius 2 is 1.44 bits per heavy atom. The number of phosphoric acid groups is 2. The van der Waals surface area contributed by atoms with E-state index in [2.05, 4.69) is 8.83 Å². The predicted octanol–water partition coefficient (Wildman–Crippen LogP) is -1.89. The highest BCUT2D eigenvalue weighted by Gasteiger charge is 2.42. The molecule has 0 radical (unpaired) electrons. The maximum Gasteiger partial charge on any atom is 0.482 e. The van der Waals surface area contributed by atoms with Crippen molar-refractivity contribution in [2.24, 2.45) is 0 Å². The van der Waals surface area contributed by atoms with Gasteiger partial charge in [-0.3, -0.25) is 4.52 Å². The van der Waals surface area contributed by atoms with Crippen LogP contribution in [0, 0.1) is 0 Å². The zero-order valence-corrected chi connectivity index (χ0v) is 9.97. The second-order valence-corrected chi connectivity index (χ2v) is 5.47. The summed E-state index contributed by atoms with van der Waals surface area (Å²) < 4.78 is 28.0. The van der Waals surface area contributed by atoms with Crippen LogP contribution in [0.15, 0.2) is 0 Å². The molecule has 1 unspecified atom stereocenters. The highest BCUT2D eigenvalue weighted by molar-refractivity contribution is 7.60. The van der Waals surface area contributed by atoms with Gasteiger partial charge in [-0.2, -0.15) is 4.31 Å². The summed E-state index contributed by atoms with van der Waals surface area (Å²) in [7, 11) is -11.1. The summed E-state index contributed by atoms with van der Waals surface area (Å²) in [6.07, 6.45) is -5.51. The molecule has 0 saturated carbocycles. The van der Waals surface area contributed by atoms with E-state index in [0.29, 0.717) is 0 Å². The Morgan fingerprint density at radius 1 is 1.00 bits per heavy atom. The van der Waals surface area contributed by atoms with Crippen molar-refractivity contribution >= 4 is 27.6 Å². The summed E-state index contributed by atoms with van der Waals surface area (Å²) in [4.78, 5) is 45.9. The van der Waals surface area contributed by atoms with Gasteiger partial charge in [0.25, 0.3) is 0 Å². The van der Waals surface area contributed by atoms with Crippen molar-refractivity contribution in [3.05, 3.63) is 0 Å². The third kappa shape index (κ3) is 6.19. The SMILES string of the molecule is O=C(O)[C@H](O)[C@@H](OP(=O)(O)OP(=O)(O)O)C(=O)O. The third-order valence-electron chi connectivity index (χ3n) is 1.24. The number of hydrogen-bond acceptors (Lipinski definition) is 7. The van der Waals surface area contributed by atoms with E-state index in [9.17, 15) is 18.7 Å². The van der Waals surface area contributed by atoms with Crippen LogP contribution in [-0.2, 0) is 27.6 Å². The molecule has 106 valence electrons. The van der Waals surface area contributed by atoms with Gasteiger partial charge in [0.15, 0.2) is 6.10 Å². The van der Waals surface area contributed by atoms with E-state index in [-0.39, 0.29) is 0 Å². The zero-order chi connectivity index (χ0) is 14.7. The molecule has 0 amide bonds. The van der Waals surface area contributed by atoms with Gasteiger partial charge in [0.1, 0.15) is 0 Å². The molecule has 0 rings (SSSR count). The predicted molar refractivity (Wildman–Crippen MR) is 49.1 cm³/mol. The van der Waals surface area contributed by atoms with Crippen LogP contribution in [0.1, 0.15) is 0 Å². The van der Waals surface area contributed by atoms with E-state index in [0.717, 1.165) is 0 Å². The number of carboxylic acid groups (broad SMARTS) is 2. The van der Waals surface area contributed by atoms with Gasteiger partial charge < -0.3 is 30.0 Å². The first-order valence-corrected chi connectivity index (χ1v) is 6.80. The summed E-state index contributed by atoms with van der Waals surface area (Å²) in [6.45, 7) is 0. The van der Waals surface area contributed by atoms with Crippen LogP contribution in [0.3, 0.4) is 0 Å². The normalized spacial score (nSPS) is 18.7. The topological polar surface area (TPSA) is 208 Å². The number of carboxylic acids is 2. The molecule has 0 aliphatic rings. The summed E-state index contributed by atoms with van der Waals surface area (Å²) in [5, 5.41) is 25.5. The summed E-state index contributed by atoms with van der Waals surface area (Å²) in [5.74, 6) is -4.26. The first kappa shape index (κ1) is 17.2. The minimum Gasteiger partial charge on any atom is -0.479 e. The number of rotatable bonds is 7. The molecule has 0 aromatic rings. The van der Waals surface area contributed by atoms with Gasteiger partial charge in [0.05, 0.1) is 0 Å². The van der Waals surface area contributed by atoms with Crippen LogP contribution >= 0.6 is 15.6 Å². The summed E-state index contributed by atoms with van der Waals surface area (Å²) in [5.41, 5.74) is 0. The van der Waals surface area contributed by atoms with E-state index in [1.165, 1.54) is 0 Å². The van der Waals surface area contributed by atoms with Crippen molar-refractivity contribution in [3.63, 3.8) is 0 Å². The molecule has 0 heterocycles. The monoisotopic (exact) mass is 310 g/mol. The van der Waals surface area contributed by atoms with Gasteiger partial charge in [-0.15, -0.1) is 0 Å². The molecule has 0 aromatic heterocycles. The minimum atomic E-state index is -5.58. The van der Waals surface area contributed by atoms with Crippen LogP contribution in [0.5, 0.6) is 0 Å². The molecule has 14 heteroatoms. The molecule has 0 spiro atoms. The third-order valence-corrected chi connectivity index (χ3v) is 3.41. The van der Waals surface area contributed by atoms with Gasteiger partial charge in [0.2, 0.25) is 6.10 Å². The van der Waals surface area contributed by atoms with E-state index in [4.69, 9.17) is 30.0 Å². The first-order chi connectivity index (χ1) is 7.86. The van der Waals surface area contributed by atoms with Gasteiger partial charge in [-0.05, 0) is 0 Å². The van der Waals surface area contributed by atoms with Crippen molar-refractivity contribution in [2.45, 2.75) is 12.2 Å². The fraction of sp³-hybridized carbons (Fsp3) is 0.500. The summed E-state index contributed by atoms with van der Waals surface area (Å²) >= 11 is 0. The van der Waals surface area contributed by atoms with Crippen LogP contribution in [0.25, 0.3) is 0 Å². The molecule has 0 aliphatic heterocycles. The Hall–Kier alpha value is -0.840. The van der Waals surface area contributed by atoms with Gasteiger partial charge in [0, 0.05) is 0 Å². The van der Waals surface area contributed by atoms with Crippen LogP contribution in [0.4, 0.5) is 0 Å². The Balaban J connectivity index is 5.01. The highest BCUT2D eigenvalue weighted by Crippen LogP contribution is 2.58. The average Bonchev–Trinajstić information content (AvgIpc) is 2.08. The van der Waals surface area contributed by atoms with Crippen LogP contribution in [0.2, 0.25) is 0 Å². The van der Waals surface area contributed by atoms with Crippen LogP contribution in [-0.4, -0.2) is 54.1 Å². The maximum absolute atomic E-state index is 10.9. The standard InChI is InChI=1S/C4H8O12P2/c5-1(3(6)7)2(4(8)9)15-18(13,14)16-17(10,11)12/h1-2,5H,(H,6,7)(H,8,9)(H,13,14)(H2,10,11,12)/t1-,2-/m1/s1. The Labute approximate surface area is 98.2 Å². The number of aliphatic hydroxyl groups excluding tert-OH is 1. The first-order valence-electron chi connectivity index (χ1n) is 3.77. The number of carbonyl (C=O) groups is 2. The molecule has 12 nitrogen and oxygen atoms in total. The van der Waals surface area contributed by atoms with Crippen molar-refractivity contribution in [2.75, 3.05) is 0 Å². The zero-order valence-electron chi connectivity index (χ0n) is 8.18. The lowest BCUT2D eigenvalue weighted by Crippen LogP contribution is -2.41. The molecule has 18 heavy (non-hydrogen) atoms. The molecular formula is C4H8O12P2. The van der Waals surface area contributed by atoms with E-state index >= 15 is 0 Å². The molecular weight excluding hydrogens is 302 g/mol. The maximum atomic E-state index is 10.9. The van der Waals surface area contributed by atoms with E-state index in [1.54, 1.807) is 0 Å². The second kappa shape index (κ2) is 5.87. The average molecular weight is 310 g/mol. The number of phosphoric ester groups is 1. The lowest BCUT2D eigenvalue weighted by atomic mass is 10.2. The van der Waals surface area contributed by atoms with Crippen molar-refractivity contribution in [3.8, 4) is 0 Å². The fourth-order valence-corrected chi connectivity index (χ4v) is 2.39. The molecule has 0 bridgehead atoms. The van der Waals surface area contributed by atoms with E-state index < -0.39 is 39.8 Å². The molecule has 6 N–H and O–H groups in total. The minimum absolute atomic E-state index is 2.10. The van der Waals surface area contributed by atoms with Crippen LogP contribution < -0.4 is 0 Å². The lowest BCUT2D eigenvalue weighted by molar-refractivity contribution is -0.164. The molecule has 0 aliphatic carbocycles. The molecule has 0 aromatic carbocycles. The van der Waals surface area contributed by atoms with Gasteiger partial charge in [-0.1, -0.05) is 0 Å². The molecule has 3 atom stereocenters. The van der Waals surface area contributed by atoms with Crippen molar-refractivity contribution < 1.29 is 57.6 Å². The number of hydrogen-bond donors (Lipinski definition) is 6. The number of aliphatic carboxylic acids is 2. The smallest absolute Gasteiger partial charge is 0.479 e. The largest absolute Gasteiger partial charge is 0.482 e. The molecule has 0 fully saturated rings. The number of aliphatic hydroxyl groups is 1.